The smallest absolute Gasteiger partial charge is 0.309 e. The third-order valence-corrected chi connectivity index (χ3v) is 4.58. The van der Waals surface area contributed by atoms with Crippen LogP contribution in [0.15, 0.2) is 0 Å². The summed E-state index contributed by atoms with van der Waals surface area (Å²) in [6, 6.07) is 0. The van der Waals surface area contributed by atoms with E-state index in [2.05, 4.69) is 11.8 Å². The Kier molecular flexibility index (Phi) is 6.03. The Bertz CT molecular complexity index is 365. The van der Waals surface area contributed by atoms with Crippen LogP contribution in [0.4, 0.5) is 0 Å². The number of carbonyl (C=O) groups excluding carboxylic acids is 2. The molecule has 0 aromatic carbocycles. The van der Waals surface area contributed by atoms with Crippen LogP contribution in [0, 0.1) is 11.8 Å². The summed E-state index contributed by atoms with van der Waals surface area (Å²) in [4.78, 5) is 28.2. The van der Waals surface area contributed by atoms with Crippen molar-refractivity contribution < 1.29 is 14.3 Å². The molecule has 5 nitrogen and oxygen atoms in total. The fourth-order valence-corrected chi connectivity index (χ4v) is 3.29. The van der Waals surface area contributed by atoms with E-state index >= 15 is 0 Å². The van der Waals surface area contributed by atoms with Gasteiger partial charge in [-0.2, -0.15) is 0 Å². The van der Waals surface area contributed by atoms with Crippen molar-refractivity contribution in [2.24, 2.45) is 11.8 Å². The number of esters is 1. The molecule has 1 amide bonds. The fourth-order valence-electron chi connectivity index (χ4n) is 3.29. The zero-order valence-electron chi connectivity index (χ0n) is 13.3. The van der Waals surface area contributed by atoms with Crippen LogP contribution in [-0.4, -0.2) is 61.0 Å². The van der Waals surface area contributed by atoms with Crippen LogP contribution < -0.4 is 0 Å². The van der Waals surface area contributed by atoms with Crippen LogP contribution >= 0.6 is 0 Å². The topological polar surface area (TPSA) is 49.9 Å². The van der Waals surface area contributed by atoms with Crippen LogP contribution in [0.1, 0.15) is 39.5 Å². The van der Waals surface area contributed by atoms with Crippen molar-refractivity contribution in [1.29, 1.82) is 0 Å². The van der Waals surface area contributed by atoms with E-state index in [1.54, 1.807) is 0 Å². The first-order chi connectivity index (χ1) is 10.1. The average Bonchev–Trinajstić information content (AvgIpc) is 2.48. The van der Waals surface area contributed by atoms with Crippen molar-refractivity contribution in [2.75, 3.05) is 39.3 Å². The summed E-state index contributed by atoms with van der Waals surface area (Å²) in [6.07, 6.45) is 3.97. The van der Waals surface area contributed by atoms with E-state index < -0.39 is 0 Å². The minimum Gasteiger partial charge on any atom is -0.466 e. The summed E-state index contributed by atoms with van der Waals surface area (Å²) in [5, 5.41) is 0. The molecule has 0 aromatic rings. The highest BCUT2D eigenvalue weighted by molar-refractivity contribution is 5.78. The van der Waals surface area contributed by atoms with E-state index in [0.29, 0.717) is 19.1 Å². The van der Waals surface area contributed by atoms with Gasteiger partial charge in [-0.15, -0.1) is 0 Å². The van der Waals surface area contributed by atoms with Crippen molar-refractivity contribution in [3.8, 4) is 0 Å². The first-order valence-electron chi connectivity index (χ1n) is 8.27. The highest BCUT2D eigenvalue weighted by Gasteiger charge is 2.28. The van der Waals surface area contributed by atoms with Gasteiger partial charge in [0.2, 0.25) is 5.91 Å². The number of carbonyl (C=O) groups is 2. The summed E-state index contributed by atoms with van der Waals surface area (Å²) in [5.74, 6) is 0.813. The molecular weight excluding hydrogens is 268 g/mol. The van der Waals surface area contributed by atoms with Crippen molar-refractivity contribution >= 4 is 11.9 Å². The molecule has 1 unspecified atom stereocenters. The minimum absolute atomic E-state index is 0.0197. The van der Waals surface area contributed by atoms with E-state index in [1.165, 1.54) is 6.42 Å². The van der Waals surface area contributed by atoms with E-state index in [4.69, 9.17) is 4.74 Å². The largest absolute Gasteiger partial charge is 0.466 e. The van der Waals surface area contributed by atoms with Gasteiger partial charge < -0.3 is 9.64 Å². The molecule has 0 aliphatic carbocycles. The lowest BCUT2D eigenvalue weighted by Crippen LogP contribution is -2.47. The van der Waals surface area contributed by atoms with Gasteiger partial charge in [0.1, 0.15) is 0 Å². The molecule has 0 radical (unpaired) electrons. The molecule has 2 rings (SSSR count). The molecule has 1 atom stereocenters. The van der Waals surface area contributed by atoms with Crippen LogP contribution in [0.25, 0.3) is 0 Å². The molecule has 5 heteroatoms. The molecule has 2 saturated heterocycles. The third kappa shape index (κ3) is 4.70. The summed E-state index contributed by atoms with van der Waals surface area (Å²) in [7, 11) is 0. The van der Waals surface area contributed by atoms with E-state index in [9.17, 15) is 9.59 Å². The van der Waals surface area contributed by atoms with Gasteiger partial charge in [-0.1, -0.05) is 6.92 Å². The predicted molar refractivity (Wildman–Crippen MR) is 80.8 cm³/mol. The van der Waals surface area contributed by atoms with Crippen LogP contribution in [-0.2, 0) is 14.3 Å². The van der Waals surface area contributed by atoms with Crippen molar-refractivity contribution in [2.45, 2.75) is 39.5 Å². The molecule has 0 spiro atoms. The number of amides is 1. The number of piperidine rings is 2. The Hall–Kier alpha value is -1.10. The van der Waals surface area contributed by atoms with E-state index in [0.717, 1.165) is 45.4 Å². The van der Waals surface area contributed by atoms with Gasteiger partial charge in [0, 0.05) is 13.1 Å². The number of ether oxygens (including phenoxy) is 1. The lowest BCUT2D eigenvalue weighted by molar-refractivity contribution is -0.149. The lowest BCUT2D eigenvalue weighted by atomic mass is 9.97. The SMILES string of the molecule is CCOC(=O)C1CCN(CC(=O)N2CCCC(C)C2)CC1. The molecule has 0 bridgehead atoms. The van der Waals surface area contributed by atoms with Crippen molar-refractivity contribution in [3.63, 3.8) is 0 Å². The first-order valence-corrected chi connectivity index (χ1v) is 8.27. The molecule has 21 heavy (non-hydrogen) atoms. The second-order valence-electron chi connectivity index (χ2n) is 6.39. The summed E-state index contributed by atoms with van der Waals surface area (Å²) < 4.78 is 5.07. The van der Waals surface area contributed by atoms with Gasteiger partial charge in [-0.05, 0) is 51.6 Å². The Morgan fingerprint density at radius 3 is 2.48 bits per heavy atom. The summed E-state index contributed by atoms with van der Waals surface area (Å²) in [5.41, 5.74) is 0. The van der Waals surface area contributed by atoms with Crippen LogP contribution in [0.2, 0.25) is 0 Å². The molecule has 0 aromatic heterocycles. The van der Waals surface area contributed by atoms with Gasteiger partial charge in [0.05, 0.1) is 19.1 Å². The Balaban J connectivity index is 1.73. The van der Waals surface area contributed by atoms with E-state index in [1.807, 2.05) is 11.8 Å². The standard InChI is InChI=1S/C16H28N2O3/c1-3-21-16(20)14-6-9-17(10-7-14)12-15(19)18-8-4-5-13(2)11-18/h13-14H,3-12H2,1-2H3. The molecule has 2 heterocycles. The minimum atomic E-state index is -0.0756. The molecule has 2 fully saturated rings. The first kappa shape index (κ1) is 16.3. The monoisotopic (exact) mass is 296 g/mol. The number of nitrogens with zero attached hydrogens (tertiary/aromatic N) is 2. The van der Waals surface area contributed by atoms with Crippen molar-refractivity contribution in [3.05, 3.63) is 0 Å². The molecule has 0 saturated carbocycles. The zero-order chi connectivity index (χ0) is 15.2. The average molecular weight is 296 g/mol. The molecule has 2 aliphatic rings. The van der Waals surface area contributed by atoms with Crippen LogP contribution in [0.5, 0.6) is 0 Å². The molecule has 2 aliphatic heterocycles. The number of rotatable bonds is 4. The maximum Gasteiger partial charge on any atom is 0.309 e. The number of likely N-dealkylation sites (tertiary alicyclic amines) is 2. The van der Waals surface area contributed by atoms with Gasteiger partial charge in [-0.25, -0.2) is 0 Å². The predicted octanol–water partition coefficient (Wildman–Crippen LogP) is 1.52. The van der Waals surface area contributed by atoms with Gasteiger partial charge >= 0.3 is 5.97 Å². The van der Waals surface area contributed by atoms with Crippen LogP contribution in [0.3, 0.4) is 0 Å². The van der Waals surface area contributed by atoms with Gasteiger partial charge in [0.25, 0.3) is 0 Å². The second-order valence-corrected chi connectivity index (χ2v) is 6.39. The molecular formula is C16H28N2O3. The highest BCUT2D eigenvalue weighted by Crippen LogP contribution is 2.20. The fraction of sp³-hybridized carbons (Fsp3) is 0.875. The van der Waals surface area contributed by atoms with Gasteiger partial charge in [-0.3, -0.25) is 14.5 Å². The second kappa shape index (κ2) is 7.78. The maximum atomic E-state index is 12.3. The Morgan fingerprint density at radius 1 is 1.14 bits per heavy atom. The molecule has 120 valence electrons. The normalized spacial score (nSPS) is 24.9. The third-order valence-electron chi connectivity index (χ3n) is 4.58. The quantitative estimate of drug-likeness (QED) is 0.738. The summed E-state index contributed by atoms with van der Waals surface area (Å²) in [6.45, 7) is 8.44. The lowest BCUT2D eigenvalue weighted by Gasteiger charge is -2.35. The van der Waals surface area contributed by atoms with E-state index in [-0.39, 0.29) is 17.8 Å². The zero-order valence-corrected chi connectivity index (χ0v) is 13.3. The number of hydrogen-bond donors (Lipinski definition) is 0. The Morgan fingerprint density at radius 2 is 1.86 bits per heavy atom. The number of hydrogen-bond acceptors (Lipinski definition) is 4. The molecule has 0 N–H and O–H groups in total. The Labute approximate surface area is 127 Å². The highest BCUT2D eigenvalue weighted by atomic mass is 16.5. The van der Waals surface area contributed by atoms with Gasteiger partial charge in [0.15, 0.2) is 0 Å². The van der Waals surface area contributed by atoms with Crippen molar-refractivity contribution in [1.82, 2.24) is 9.80 Å². The summed E-state index contributed by atoms with van der Waals surface area (Å²) >= 11 is 0. The maximum absolute atomic E-state index is 12.3.